The minimum Gasteiger partial charge on any atom is -0.466 e. The van der Waals surface area contributed by atoms with E-state index < -0.39 is 89.0 Å². The number of amides is 2. The Bertz CT molecular complexity index is 1400. The van der Waals surface area contributed by atoms with Gasteiger partial charge in [0, 0.05) is 6.07 Å². The van der Waals surface area contributed by atoms with Crippen LogP contribution < -0.4 is 10.9 Å². The fourth-order valence-corrected chi connectivity index (χ4v) is 4.33. The molecule has 2 aromatic rings. The van der Waals surface area contributed by atoms with Crippen LogP contribution in [0.1, 0.15) is 53.5 Å². The van der Waals surface area contributed by atoms with Gasteiger partial charge >= 0.3 is 24.0 Å². The lowest BCUT2D eigenvalue weighted by atomic mass is 9.94. The van der Waals surface area contributed by atoms with E-state index in [-0.39, 0.29) is 44.3 Å². The van der Waals surface area contributed by atoms with Gasteiger partial charge in [-0.1, -0.05) is 30.3 Å². The van der Waals surface area contributed by atoms with Crippen molar-refractivity contribution in [2.24, 2.45) is 0 Å². The molecule has 1 aromatic carbocycles. The van der Waals surface area contributed by atoms with Crippen molar-refractivity contribution in [2.75, 3.05) is 19.8 Å². The van der Waals surface area contributed by atoms with Gasteiger partial charge in [0.25, 0.3) is 11.8 Å². The number of hydrazine groups is 1. The number of aromatic nitrogens is 1. The topological polar surface area (TPSA) is 168 Å². The molecule has 2 N–H and O–H groups in total. The van der Waals surface area contributed by atoms with Crippen molar-refractivity contribution in [3.05, 3.63) is 69.0 Å². The third-order valence-corrected chi connectivity index (χ3v) is 6.52. The maximum Gasteiger partial charge on any atom is 0.426 e. The van der Waals surface area contributed by atoms with E-state index in [1.807, 2.05) is 0 Å². The maximum absolute atomic E-state index is 14.6. The van der Waals surface area contributed by atoms with Crippen molar-refractivity contribution in [1.82, 2.24) is 15.8 Å². The second-order valence-electron chi connectivity index (χ2n) is 9.66. The van der Waals surface area contributed by atoms with E-state index in [2.05, 4.69) is 9.72 Å². The van der Waals surface area contributed by atoms with Gasteiger partial charge in [0.05, 0.1) is 49.0 Å². The van der Waals surface area contributed by atoms with Gasteiger partial charge in [-0.25, -0.2) is 4.98 Å². The van der Waals surface area contributed by atoms with Crippen molar-refractivity contribution in [2.45, 2.75) is 63.5 Å². The Morgan fingerprint density at radius 3 is 2.28 bits per heavy atom. The van der Waals surface area contributed by atoms with E-state index in [4.69, 9.17) is 14.2 Å². The Kier molecular flexibility index (Phi) is 12.0. The van der Waals surface area contributed by atoms with Crippen molar-refractivity contribution in [1.29, 1.82) is 0 Å². The number of nitrogens with zero attached hydrogens (tertiary/aromatic N) is 2. The van der Waals surface area contributed by atoms with Crippen LogP contribution in [-0.2, 0) is 47.7 Å². The van der Waals surface area contributed by atoms with Gasteiger partial charge in [-0.05, 0) is 31.7 Å². The number of alkyl halides is 6. The van der Waals surface area contributed by atoms with Gasteiger partial charge in [-0.2, -0.15) is 26.3 Å². The number of hydrogen-bond donors (Lipinski definition) is 2. The fraction of sp³-hybridized carbons (Fsp3) is 0.481. The average molecular weight is 667 g/mol. The molecule has 46 heavy (non-hydrogen) atoms. The second-order valence-corrected chi connectivity index (χ2v) is 9.66. The summed E-state index contributed by atoms with van der Waals surface area (Å²) in [4.78, 5) is 51.5. The summed E-state index contributed by atoms with van der Waals surface area (Å²) < 4.78 is 105. The Labute approximate surface area is 256 Å². The molecule has 1 aliphatic heterocycles. The first-order valence-electron chi connectivity index (χ1n) is 13.6. The lowest BCUT2D eigenvalue weighted by Crippen LogP contribution is -2.61. The van der Waals surface area contributed by atoms with E-state index in [1.54, 1.807) is 6.07 Å². The SMILES string of the molecule is CCOC(=O)Cc1nc(C(=O)NNC(=O)C(CCCC2OCCO2)(OCc2ccccc2)C(F)(F)F)c([N+](=O)[O-])cc1C(F)(F)F. The predicted octanol–water partition coefficient (Wildman–Crippen LogP) is 3.94. The molecule has 2 heterocycles. The van der Waals surface area contributed by atoms with E-state index in [0.717, 1.165) is 0 Å². The molecule has 0 aliphatic carbocycles. The van der Waals surface area contributed by atoms with E-state index >= 15 is 0 Å². The summed E-state index contributed by atoms with van der Waals surface area (Å²) >= 11 is 0. The summed E-state index contributed by atoms with van der Waals surface area (Å²) in [7, 11) is 0. The van der Waals surface area contributed by atoms with Gasteiger partial charge in [-0.3, -0.25) is 35.3 Å². The van der Waals surface area contributed by atoms with E-state index in [0.29, 0.717) is 0 Å². The molecule has 1 fully saturated rings. The molecule has 2 amide bonds. The van der Waals surface area contributed by atoms with Gasteiger partial charge in [0.2, 0.25) is 11.3 Å². The number of esters is 1. The number of pyridine rings is 1. The number of carbonyl (C=O) groups is 3. The van der Waals surface area contributed by atoms with E-state index in [1.165, 1.54) is 42.0 Å². The monoisotopic (exact) mass is 666 g/mol. The summed E-state index contributed by atoms with van der Waals surface area (Å²) in [5.74, 6) is -4.92. The van der Waals surface area contributed by atoms with Crippen molar-refractivity contribution in [3.63, 3.8) is 0 Å². The lowest BCUT2D eigenvalue weighted by Gasteiger charge is -2.34. The molecule has 252 valence electrons. The third-order valence-electron chi connectivity index (χ3n) is 6.52. The van der Waals surface area contributed by atoms with Crippen molar-refractivity contribution >= 4 is 23.5 Å². The van der Waals surface area contributed by atoms with E-state index in [9.17, 15) is 50.8 Å². The molecular formula is C27H28F6N4O9. The Balaban J connectivity index is 1.92. The number of benzene rings is 1. The summed E-state index contributed by atoms with van der Waals surface area (Å²) in [6.45, 7) is 0.853. The first-order valence-corrected chi connectivity index (χ1v) is 13.6. The van der Waals surface area contributed by atoms with Gasteiger partial charge < -0.3 is 18.9 Å². The van der Waals surface area contributed by atoms with Crippen LogP contribution in [0.3, 0.4) is 0 Å². The van der Waals surface area contributed by atoms with Gasteiger partial charge in [-0.15, -0.1) is 0 Å². The zero-order chi connectivity index (χ0) is 34.1. The molecule has 1 unspecified atom stereocenters. The molecule has 0 spiro atoms. The fourth-order valence-electron chi connectivity index (χ4n) is 4.33. The van der Waals surface area contributed by atoms with Crippen LogP contribution in [-0.4, -0.2) is 65.6 Å². The van der Waals surface area contributed by atoms with Gasteiger partial charge in [0.1, 0.15) is 0 Å². The summed E-state index contributed by atoms with van der Waals surface area (Å²) in [6.07, 6.45) is -14.0. The van der Waals surface area contributed by atoms with Crippen molar-refractivity contribution in [3.8, 4) is 0 Å². The second kappa shape index (κ2) is 15.3. The number of halogens is 6. The molecule has 1 aromatic heterocycles. The highest BCUT2D eigenvalue weighted by atomic mass is 19.4. The Morgan fingerprint density at radius 1 is 1.07 bits per heavy atom. The highest BCUT2D eigenvalue weighted by Crippen LogP contribution is 2.40. The highest BCUT2D eigenvalue weighted by Gasteiger charge is 2.61. The normalized spacial score (nSPS) is 15.2. The molecule has 3 rings (SSSR count). The number of nitrogens with one attached hydrogen (secondary N) is 2. The number of carbonyl (C=O) groups excluding carboxylic acids is 3. The number of rotatable bonds is 13. The number of nitro groups is 1. The largest absolute Gasteiger partial charge is 0.466 e. The quantitative estimate of drug-likeness (QED) is 0.138. The summed E-state index contributed by atoms with van der Waals surface area (Å²) in [5.41, 5.74) is -6.00. The van der Waals surface area contributed by atoms with Crippen LogP contribution in [0, 0.1) is 10.1 Å². The predicted molar refractivity (Wildman–Crippen MR) is 141 cm³/mol. The minimum atomic E-state index is -5.39. The smallest absolute Gasteiger partial charge is 0.426 e. The number of hydrogen-bond acceptors (Lipinski definition) is 10. The third kappa shape index (κ3) is 9.10. The average Bonchev–Trinajstić information content (AvgIpc) is 3.50. The van der Waals surface area contributed by atoms with Crippen LogP contribution in [0.15, 0.2) is 36.4 Å². The van der Waals surface area contributed by atoms with Crippen LogP contribution in [0.2, 0.25) is 0 Å². The molecule has 0 radical (unpaired) electrons. The zero-order valence-corrected chi connectivity index (χ0v) is 24.0. The lowest BCUT2D eigenvalue weighted by molar-refractivity contribution is -0.385. The molecule has 0 saturated carbocycles. The minimum absolute atomic E-state index is 0.0585. The highest BCUT2D eigenvalue weighted by molar-refractivity contribution is 5.98. The molecular weight excluding hydrogens is 638 g/mol. The number of ether oxygens (including phenoxy) is 4. The first kappa shape index (κ1) is 36.1. The Hall–Kier alpha value is -4.36. The van der Waals surface area contributed by atoms with Crippen LogP contribution in [0.25, 0.3) is 0 Å². The molecule has 19 heteroatoms. The van der Waals surface area contributed by atoms with Crippen molar-refractivity contribution < 1.29 is 64.6 Å². The maximum atomic E-state index is 14.6. The molecule has 1 aliphatic rings. The Morgan fingerprint density at radius 2 is 1.72 bits per heavy atom. The molecule has 1 atom stereocenters. The van der Waals surface area contributed by atoms with Crippen LogP contribution in [0.5, 0.6) is 0 Å². The van der Waals surface area contributed by atoms with Crippen LogP contribution in [0.4, 0.5) is 32.0 Å². The summed E-state index contributed by atoms with van der Waals surface area (Å²) in [5, 5.41) is 11.6. The zero-order valence-electron chi connectivity index (χ0n) is 24.0. The van der Waals surface area contributed by atoms with Gasteiger partial charge in [0.15, 0.2) is 6.29 Å². The molecule has 13 nitrogen and oxygen atoms in total. The molecule has 0 bridgehead atoms. The summed E-state index contributed by atoms with van der Waals surface area (Å²) in [6, 6.07) is 7.44. The first-order chi connectivity index (χ1) is 21.6. The standard InChI is InChI=1S/C27H28F6N4O9/c1-2-43-20(38)14-18-17(26(28,29)30)13-19(37(41)42)22(34-18)23(39)35-36-24(40)25(27(31,32)33,10-6-9-21-44-11-12-45-21)46-15-16-7-4-3-5-8-16/h3-5,7-8,13,21H,2,6,9-12,14-15H2,1H3,(H,35,39)(H,36,40). The molecule has 1 saturated heterocycles. The van der Waals surface area contributed by atoms with Crippen LogP contribution >= 0.6 is 0 Å².